The number of rotatable bonds is 5. The molecule has 1 fully saturated rings. The van der Waals surface area contributed by atoms with Crippen LogP contribution in [0.1, 0.15) is 36.4 Å². The van der Waals surface area contributed by atoms with Crippen LogP contribution in [0.3, 0.4) is 0 Å². The number of hydrogen-bond donors (Lipinski definition) is 2. The minimum Gasteiger partial charge on any atom is -0.491 e. The summed E-state index contributed by atoms with van der Waals surface area (Å²) in [6.07, 6.45) is 3.74. The van der Waals surface area contributed by atoms with Crippen LogP contribution < -0.4 is 10.5 Å². The van der Waals surface area contributed by atoms with E-state index in [9.17, 15) is 5.11 Å². The third-order valence-corrected chi connectivity index (χ3v) is 3.78. The van der Waals surface area contributed by atoms with Crippen molar-refractivity contribution in [1.82, 2.24) is 0 Å². The molecule has 0 saturated heterocycles. The first-order valence-corrected chi connectivity index (χ1v) is 6.79. The first-order chi connectivity index (χ1) is 8.61. The lowest BCUT2D eigenvalue weighted by Gasteiger charge is -2.26. The highest BCUT2D eigenvalue weighted by atomic mass is 35.5. The van der Waals surface area contributed by atoms with E-state index in [1.165, 1.54) is 19.3 Å². The van der Waals surface area contributed by atoms with Gasteiger partial charge >= 0.3 is 0 Å². The Balaban J connectivity index is 2.19. The van der Waals surface area contributed by atoms with Gasteiger partial charge in [0.1, 0.15) is 5.75 Å². The number of ether oxygens (including phenoxy) is 1. The van der Waals surface area contributed by atoms with Crippen LogP contribution in [0.25, 0.3) is 0 Å². The second-order valence-electron chi connectivity index (χ2n) is 5.06. The molecule has 1 saturated carbocycles. The first-order valence-electron chi connectivity index (χ1n) is 6.41. The second-order valence-corrected chi connectivity index (χ2v) is 5.47. The molecule has 100 valence electrons. The van der Waals surface area contributed by atoms with Crippen LogP contribution in [0.2, 0.25) is 5.02 Å². The van der Waals surface area contributed by atoms with Gasteiger partial charge in [-0.05, 0) is 37.3 Å². The van der Waals surface area contributed by atoms with Gasteiger partial charge in [0.15, 0.2) is 0 Å². The molecule has 1 unspecified atom stereocenters. The Morgan fingerprint density at radius 2 is 2.22 bits per heavy atom. The molecule has 0 aliphatic heterocycles. The van der Waals surface area contributed by atoms with Crippen molar-refractivity contribution in [3.8, 4) is 5.75 Å². The quantitative estimate of drug-likeness (QED) is 0.864. The summed E-state index contributed by atoms with van der Waals surface area (Å²) in [6.45, 7) is 2.53. The van der Waals surface area contributed by atoms with Gasteiger partial charge in [0.25, 0.3) is 0 Å². The maximum absolute atomic E-state index is 9.21. The first kappa shape index (κ1) is 13.7. The van der Waals surface area contributed by atoms with Crippen LogP contribution in [-0.2, 0) is 0 Å². The van der Waals surface area contributed by atoms with Gasteiger partial charge in [0.2, 0.25) is 0 Å². The molecule has 0 spiro atoms. The number of aliphatic hydroxyl groups excluding tert-OH is 1. The van der Waals surface area contributed by atoms with E-state index in [-0.39, 0.29) is 6.61 Å². The second kappa shape index (κ2) is 5.91. The minimum atomic E-state index is -0.446. The molecule has 3 nitrogen and oxygen atoms in total. The lowest BCUT2D eigenvalue weighted by molar-refractivity contribution is 0.177. The fourth-order valence-electron chi connectivity index (χ4n) is 2.14. The molecule has 1 aromatic rings. The zero-order chi connectivity index (χ0) is 13.1. The monoisotopic (exact) mass is 269 g/mol. The molecule has 0 heterocycles. The zero-order valence-corrected chi connectivity index (χ0v) is 11.4. The molecular formula is C14H20ClNO2. The number of aliphatic hydroxyl groups is 1. The van der Waals surface area contributed by atoms with Gasteiger partial charge in [-0.15, -0.1) is 0 Å². The highest BCUT2D eigenvalue weighted by molar-refractivity contribution is 6.32. The van der Waals surface area contributed by atoms with Crippen molar-refractivity contribution in [2.45, 2.75) is 32.2 Å². The largest absolute Gasteiger partial charge is 0.491 e. The predicted molar refractivity (Wildman–Crippen MR) is 73.0 cm³/mol. The molecule has 1 aliphatic rings. The number of aryl methyl sites for hydroxylation is 1. The molecule has 1 aliphatic carbocycles. The normalized spacial score (nSPS) is 17.3. The lowest BCUT2D eigenvalue weighted by Crippen LogP contribution is -2.21. The Kier molecular flexibility index (Phi) is 4.49. The summed E-state index contributed by atoms with van der Waals surface area (Å²) in [7, 11) is 0. The van der Waals surface area contributed by atoms with E-state index in [1.54, 1.807) is 0 Å². The summed E-state index contributed by atoms with van der Waals surface area (Å²) >= 11 is 6.22. The molecule has 0 amide bonds. The average molecular weight is 270 g/mol. The molecule has 1 aromatic carbocycles. The van der Waals surface area contributed by atoms with Gasteiger partial charge in [-0.3, -0.25) is 0 Å². The maximum atomic E-state index is 9.21. The van der Waals surface area contributed by atoms with Crippen LogP contribution in [0, 0.1) is 12.8 Å². The van der Waals surface area contributed by atoms with E-state index < -0.39 is 6.04 Å². The van der Waals surface area contributed by atoms with Crippen molar-refractivity contribution >= 4 is 11.6 Å². The minimum absolute atomic E-state index is 0.112. The molecule has 2 rings (SSSR count). The molecule has 0 bridgehead atoms. The van der Waals surface area contributed by atoms with E-state index in [4.69, 9.17) is 22.1 Å². The summed E-state index contributed by atoms with van der Waals surface area (Å²) < 4.78 is 5.83. The molecule has 1 atom stereocenters. The summed E-state index contributed by atoms with van der Waals surface area (Å²) in [5, 5.41) is 9.78. The predicted octanol–water partition coefficient (Wildman–Crippen LogP) is 2.82. The van der Waals surface area contributed by atoms with Crippen molar-refractivity contribution in [1.29, 1.82) is 0 Å². The van der Waals surface area contributed by atoms with Gasteiger partial charge < -0.3 is 15.6 Å². The summed E-state index contributed by atoms with van der Waals surface area (Å²) in [6, 6.07) is 3.35. The fraction of sp³-hybridized carbons (Fsp3) is 0.571. The standard InChI is InChI=1S/C14H20ClNO2/c1-9-5-11(13(16)7-17)14(12(15)6-9)18-8-10-3-2-4-10/h5-6,10,13,17H,2-4,7-8,16H2,1H3. The molecule has 4 heteroatoms. The third-order valence-electron chi connectivity index (χ3n) is 3.50. The average Bonchev–Trinajstić information content (AvgIpc) is 2.28. The lowest BCUT2D eigenvalue weighted by atomic mass is 9.86. The maximum Gasteiger partial charge on any atom is 0.142 e. The fourth-order valence-corrected chi connectivity index (χ4v) is 2.48. The third kappa shape index (κ3) is 2.97. The van der Waals surface area contributed by atoms with Gasteiger partial charge in [0.05, 0.1) is 24.3 Å². The number of halogens is 1. The van der Waals surface area contributed by atoms with E-state index in [0.717, 1.165) is 11.1 Å². The Labute approximate surface area is 113 Å². The van der Waals surface area contributed by atoms with E-state index in [1.807, 2.05) is 19.1 Å². The van der Waals surface area contributed by atoms with Crippen LogP contribution in [0.5, 0.6) is 5.75 Å². The van der Waals surface area contributed by atoms with Crippen molar-refractivity contribution in [3.63, 3.8) is 0 Å². The Bertz CT molecular complexity index is 419. The highest BCUT2D eigenvalue weighted by Gasteiger charge is 2.21. The number of nitrogens with two attached hydrogens (primary N) is 1. The van der Waals surface area contributed by atoms with Crippen molar-refractivity contribution in [3.05, 3.63) is 28.3 Å². The zero-order valence-electron chi connectivity index (χ0n) is 10.7. The highest BCUT2D eigenvalue weighted by Crippen LogP contribution is 2.35. The van der Waals surface area contributed by atoms with Crippen molar-refractivity contribution in [2.75, 3.05) is 13.2 Å². The van der Waals surface area contributed by atoms with Crippen LogP contribution in [0.4, 0.5) is 0 Å². The molecular weight excluding hydrogens is 250 g/mol. The molecule has 0 radical (unpaired) electrons. The van der Waals surface area contributed by atoms with Crippen molar-refractivity contribution < 1.29 is 9.84 Å². The molecule has 0 aromatic heterocycles. The summed E-state index contributed by atoms with van der Waals surface area (Å²) in [5.74, 6) is 1.27. The summed E-state index contributed by atoms with van der Waals surface area (Å²) in [4.78, 5) is 0. The van der Waals surface area contributed by atoms with Crippen LogP contribution in [0.15, 0.2) is 12.1 Å². The van der Waals surface area contributed by atoms with Crippen molar-refractivity contribution in [2.24, 2.45) is 11.7 Å². The van der Waals surface area contributed by atoms with Gasteiger partial charge in [-0.25, -0.2) is 0 Å². The Morgan fingerprint density at radius 1 is 1.50 bits per heavy atom. The number of benzene rings is 1. The smallest absolute Gasteiger partial charge is 0.142 e. The summed E-state index contributed by atoms with van der Waals surface area (Å²) in [5.41, 5.74) is 7.71. The topological polar surface area (TPSA) is 55.5 Å². The van der Waals surface area contributed by atoms with Gasteiger partial charge in [-0.2, -0.15) is 0 Å². The van der Waals surface area contributed by atoms with Crippen LogP contribution >= 0.6 is 11.6 Å². The molecule has 18 heavy (non-hydrogen) atoms. The van der Waals surface area contributed by atoms with Gasteiger partial charge in [-0.1, -0.05) is 24.1 Å². The SMILES string of the molecule is Cc1cc(Cl)c(OCC2CCC2)c(C(N)CO)c1. The van der Waals surface area contributed by atoms with E-state index in [2.05, 4.69) is 0 Å². The van der Waals surface area contributed by atoms with E-state index in [0.29, 0.717) is 23.3 Å². The number of hydrogen-bond acceptors (Lipinski definition) is 3. The van der Waals surface area contributed by atoms with E-state index >= 15 is 0 Å². The van der Waals surface area contributed by atoms with Gasteiger partial charge in [0, 0.05) is 5.56 Å². The Morgan fingerprint density at radius 3 is 2.78 bits per heavy atom. The van der Waals surface area contributed by atoms with Crippen LogP contribution in [-0.4, -0.2) is 18.3 Å². The Hall–Kier alpha value is -0.770. The molecule has 3 N–H and O–H groups in total.